The molecule has 0 aromatic carbocycles. The van der Waals surface area contributed by atoms with Gasteiger partial charge in [0.15, 0.2) is 0 Å². The molecule has 0 spiro atoms. The average Bonchev–Trinajstić information content (AvgIpc) is 2.34. The van der Waals surface area contributed by atoms with Crippen molar-refractivity contribution in [1.82, 2.24) is 0 Å². The molecule has 0 saturated heterocycles. The Bertz CT molecular complexity index is 196. The lowest BCUT2D eigenvalue weighted by Gasteiger charge is -2.24. The van der Waals surface area contributed by atoms with E-state index in [1.165, 1.54) is 6.42 Å². The highest BCUT2D eigenvalue weighted by Gasteiger charge is 2.17. The van der Waals surface area contributed by atoms with Gasteiger partial charge >= 0.3 is 0 Å². The fraction of sp³-hybridized carbons (Fsp3) is 0.667. The van der Waals surface area contributed by atoms with Crippen molar-refractivity contribution in [2.24, 2.45) is 5.92 Å². The van der Waals surface area contributed by atoms with E-state index in [-0.39, 0.29) is 0 Å². The largest absolute Gasteiger partial charge is 0.114 e. The summed E-state index contributed by atoms with van der Waals surface area (Å²) in [7, 11) is 1.07. The standard InChI is InChI=1S/C12H21P/c1-10(13-12(2,3)4)9-11-7-5-6-8-11/h5-8,10-11,13H,9H2,1-4H3. The van der Waals surface area contributed by atoms with E-state index in [0.717, 1.165) is 14.2 Å². The molecule has 0 nitrogen and oxygen atoms in total. The van der Waals surface area contributed by atoms with Gasteiger partial charge in [-0.05, 0) is 23.2 Å². The van der Waals surface area contributed by atoms with E-state index in [4.69, 9.17) is 0 Å². The summed E-state index contributed by atoms with van der Waals surface area (Å²) >= 11 is 0. The van der Waals surface area contributed by atoms with E-state index in [1.54, 1.807) is 0 Å². The van der Waals surface area contributed by atoms with E-state index in [9.17, 15) is 0 Å². The SMILES string of the molecule is CC(CC1C=CC=C1)PC(C)(C)C. The van der Waals surface area contributed by atoms with Crippen LogP contribution in [0.25, 0.3) is 0 Å². The molecule has 1 aliphatic carbocycles. The van der Waals surface area contributed by atoms with Gasteiger partial charge in [-0.15, -0.1) is 8.58 Å². The van der Waals surface area contributed by atoms with Crippen molar-refractivity contribution in [3.8, 4) is 0 Å². The van der Waals surface area contributed by atoms with Gasteiger partial charge < -0.3 is 0 Å². The average molecular weight is 196 g/mol. The Morgan fingerprint density at radius 1 is 1.23 bits per heavy atom. The van der Waals surface area contributed by atoms with E-state index in [0.29, 0.717) is 11.1 Å². The lowest BCUT2D eigenvalue weighted by atomic mass is 10.1. The highest BCUT2D eigenvalue weighted by atomic mass is 31.1. The Labute approximate surface area is 84.3 Å². The van der Waals surface area contributed by atoms with E-state index < -0.39 is 0 Å². The molecule has 0 saturated carbocycles. The molecule has 2 unspecified atom stereocenters. The molecule has 0 heterocycles. The van der Waals surface area contributed by atoms with Crippen molar-refractivity contribution in [2.45, 2.75) is 44.9 Å². The molecular formula is C12H21P. The highest BCUT2D eigenvalue weighted by Crippen LogP contribution is 2.38. The maximum absolute atomic E-state index is 2.38. The van der Waals surface area contributed by atoms with Gasteiger partial charge in [-0.3, -0.25) is 0 Å². The zero-order chi connectivity index (χ0) is 9.90. The second-order valence-corrected chi connectivity index (χ2v) is 7.74. The summed E-state index contributed by atoms with van der Waals surface area (Å²) in [6.45, 7) is 9.39. The molecule has 0 aromatic rings. The topological polar surface area (TPSA) is 0 Å². The van der Waals surface area contributed by atoms with Crippen molar-refractivity contribution in [3.05, 3.63) is 24.3 Å². The first-order valence-corrected chi connectivity index (χ1v) is 6.18. The maximum Gasteiger partial charge on any atom is -0.00414 e. The molecular weight excluding hydrogens is 175 g/mol. The molecule has 0 aliphatic heterocycles. The summed E-state index contributed by atoms with van der Waals surface area (Å²) in [5, 5.41) is 0.505. The van der Waals surface area contributed by atoms with Crippen LogP contribution in [0.1, 0.15) is 34.1 Å². The minimum atomic E-state index is 0.505. The van der Waals surface area contributed by atoms with Gasteiger partial charge in [0.25, 0.3) is 0 Å². The van der Waals surface area contributed by atoms with Crippen LogP contribution in [-0.4, -0.2) is 10.8 Å². The van der Waals surface area contributed by atoms with Crippen LogP contribution in [-0.2, 0) is 0 Å². The van der Waals surface area contributed by atoms with Crippen LogP contribution in [0, 0.1) is 5.92 Å². The summed E-state index contributed by atoms with van der Waals surface area (Å²) in [4.78, 5) is 0. The third-order valence-corrected chi connectivity index (χ3v) is 3.73. The molecule has 0 aromatic heterocycles. The molecule has 0 N–H and O–H groups in total. The number of hydrogen-bond acceptors (Lipinski definition) is 0. The van der Waals surface area contributed by atoms with Crippen LogP contribution in [0.3, 0.4) is 0 Å². The first-order chi connectivity index (χ1) is 5.97. The smallest absolute Gasteiger partial charge is 0.00414 e. The predicted octanol–water partition coefficient (Wildman–Crippen LogP) is 3.98. The van der Waals surface area contributed by atoms with Crippen molar-refractivity contribution in [1.29, 1.82) is 0 Å². The Hall–Kier alpha value is -0.0900. The normalized spacial score (nSPS) is 20.6. The van der Waals surface area contributed by atoms with E-state index in [1.807, 2.05) is 0 Å². The zero-order valence-corrected chi connectivity index (χ0v) is 10.2. The second-order valence-electron chi connectivity index (χ2n) is 4.96. The molecule has 74 valence electrons. The van der Waals surface area contributed by atoms with Crippen LogP contribution in [0.5, 0.6) is 0 Å². The van der Waals surface area contributed by atoms with Gasteiger partial charge in [-0.2, -0.15) is 0 Å². The Kier molecular flexibility index (Phi) is 3.74. The van der Waals surface area contributed by atoms with Gasteiger partial charge in [0.1, 0.15) is 0 Å². The molecule has 1 rings (SSSR count). The second kappa shape index (κ2) is 4.42. The van der Waals surface area contributed by atoms with Crippen molar-refractivity contribution in [3.63, 3.8) is 0 Å². The minimum Gasteiger partial charge on any atom is -0.114 e. The fourth-order valence-electron chi connectivity index (χ4n) is 1.84. The summed E-state index contributed by atoms with van der Waals surface area (Å²) in [5.41, 5.74) is 0.859. The highest BCUT2D eigenvalue weighted by molar-refractivity contribution is 7.40. The summed E-state index contributed by atoms with van der Waals surface area (Å²) in [6, 6.07) is 0. The van der Waals surface area contributed by atoms with Gasteiger partial charge in [-0.25, -0.2) is 0 Å². The number of rotatable bonds is 3. The van der Waals surface area contributed by atoms with Crippen LogP contribution in [0.2, 0.25) is 0 Å². The van der Waals surface area contributed by atoms with Crippen molar-refractivity contribution in [2.75, 3.05) is 0 Å². The first kappa shape index (κ1) is 11.0. The lowest BCUT2D eigenvalue weighted by molar-refractivity contribution is 0.689. The summed E-state index contributed by atoms with van der Waals surface area (Å²) in [6.07, 6.45) is 10.3. The summed E-state index contributed by atoms with van der Waals surface area (Å²) in [5.74, 6) is 0.713. The minimum absolute atomic E-state index is 0.505. The molecule has 2 atom stereocenters. The molecule has 1 aliphatic rings. The number of hydrogen-bond donors (Lipinski definition) is 0. The number of allylic oxidation sites excluding steroid dienone is 4. The van der Waals surface area contributed by atoms with Crippen LogP contribution < -0.4 is 0 Å². The van der Waals surface area contributed by atoms with Crippen molar-refractivity contribution >= 4 is 8.58 Å². The quantitative estimate of drug-likeness (QED) is 0.599. The summed E-state index contributed by atoms with van der Waals surface area (Å²) < 4.78 is 0. The van der Waals surface area contributed by atoms with Gasteiger partial charge in [0.05, 0.1) is 0 Å². The monoisotopic (exact) mass is 196 g/mol. The third kappa shape index (κ3) is 4.62. The van der Waals surface area contributed by atoms with Crippen LogP contribution >= 0.6 is 8.58 Å². The first-order valence-electron chi connectivity index (χ1n) is 5.10. The molecule has 0 bridgehead atoms. The van der Waals surface area contributed by atoms with Crippen LogP contribution in [0.4, 0.5) is 0 Å². The van der Waals surface area contributed by atoms with E-state index >= 15 is 0 Å². The maximum atomic E-state index is 2.38. The molecule has 13 heavy (non-hydrogen) atoms. The third-order valence-electron chi connectivity index (χ3n) is 2.13. The van der Waals surface area contributed by atoms with Crippen LogP contribution in [0.15, 0.2) is 24.3 Å². The fourth-order valence-corrected chi connectivity index (χ4v) is 3.71. The predicted molar refractivity (Wildman–Crippen MR) is 63.9 cm³/mol. The van der Waals surface area contributed by atoms with Gasteiger partial charge in [-0.1, -0.05) is 52.0 Å². The Morgan fingerprint density at radius 3 is 2.23 bits per heavy atom. The molecule has 0 fully saturated rings. The molecule has 0 radical (unpaired) electrons. The molecule has 1 heteroatoms. The lowest BCUT2D eigenvalue weighted by Crippen LogP contribution is -2.12. The van der Waals surface area contributed by atoms with E-state index in [2.05, 4.69) is 52.0 Å². The van der Waals surface area contributed by atoms with Gasteiger partial charge in [0.2, 0.25) is 0 Å². The molecule has 0 amide bonds. The Morgan fingerprint density at radius 2 is 1.77 bits per heavy atom. The van der Waals surface area contributed by atoms with Gasteiger partial charge in [0, 0.05) is 0 Å². The van der Waals surface area contributed by atoms with Crippen molar-refractivity contribution < 1.29 is 0 Å². The Balaban J connectivity index is 2.29. The zero-order valence-electron chi connectivity index (χ0n) is 9.17.